The molecule has 2 nitrogen and oxygen atoms in total. The highest BCUT2D eigenvalue weighted by Gasteiger charge is 2.56. The summed E-state index contributed by atoms with van der Waals surface area (Å²) in [6, 6.07) is 0. The van der Waals surface area contributed by atoms with Crippen molar-refractivity contribution in [1.82, 2.24) is 0 Å². The van der Waals surface area contributed by atoms with Gasteiger partial charge in [0.25, 0.3) is 0 Å². The van der Waals surface area contributed by atoms with E-state index in [2.05, 4.69) is 0 Å². The monoisotopic (exact) mass is 198 g/mol. The molecule has 13 heavy (non-hydrogen) atoms. The topological polar surface area (TPSA) is 37.3 Å². The second-order valence-electron chi connectivity index (χ2n) is 3.24. The normalized spacial score (nSPS) is 16.7. The number of halogens is 3. The Bertz CT molecular complexity index is 188. The highest BCUT2D eigenvalue weighted by atomic mass is 19.4. The van der Waals surface area contributed by atoms with Crippen LogP contribution in [0.1, 0.15) is 33.1 Å². The van der Waals surface area contributed by atoms with Crippen LogP contribution in [0.5, 0.6) is 0 Å². The predicted octanol–water partition coefficient (Wildman–Crippen LogP) is 2.83. The van der Waals surface area contributed by atoms with Crippen molar-refractivity contribution in [2.24, 2.45) is 5.41 Å². The number of carboxylic acids is 1. The van der Waals surface area contributed by atoms with E-state index in [0.29, 0.717) is 6.42 Å². The Balaban J connectivity index is 4.64. The minimum absolute atomic E-state index is 0.266. The lowest BCUT2D eigenvalue weighted by molar-refractivity contribution is -0.228. The van der Waals surface area contributed by atoms with E-state index in [1.807, 2.05) is 0 Å². The second kappa shape index (κ2) is 3.98. The molecule has 0 heterocycles. The first-order valence-corrected chi connectivity index (χ1v) is 4.06. The minimum atomic E-state index is -4.67. The van der Waals surface area contributed by atoms with Crippen molar-refractivity contribution in [3.8, 4) is 0 Å². The highest BCUT2D eigenvalue weighted by Crippen LogP contribution is 2.42. The standard InChI is InChI=1S/C8H13F3O2/c1-3-4-5-7(2,6(12)13)8(9,10)11/h3-5H2,1-2H3,(H,12,13)/t7-/m1/s1. The first-order valence-electron chi connectivity index (χ1n) is 4.06. The largest absolute Gasteiger partial charge is 0.481 e. The molecule has 78 valence electrons. The van der Waals surface area contributed by atoms with Gasteiger partial charge in [-0.15, -0.1) is 0 Å². The van der Waals surface area contributed by atoms with E-state index in [1.54, 1.807) is 6.92 Å². The molecule has 1 atom stereocenters. The number of carboxylic acid groups (broad SMARTS) is 1. The van der Waals surface area contributed by atoms with E-state index in [4.69, 9.17) is 5.11 Å². The molecular formula is C8H13F3O2. The summed E-state index contributed by atoms with van der Waals surface area (Å²) < 4.78 is 36.9. The van der Waals surface area contributed by atoms with Crippen LogP contribution >= 0.6 is 0 Å². The molecule has 0 spiro atoms. The average Bonchev–Trinajstić information content (AvgIpc) is 1.97. The number of aliphatic carboxylic acids is 1. The van der Waals surface area contributed by atoms with Gasteiger partial charge in [-0.05, 0) is 13.3 Å². The second-order valence-corrected chi connectivity index (χ2v) is 3.24. The van der Waals surface area contributed by atoms with Gasteiger partial charge < -0.3 is 5.11 Å². The number of unbranched alkanes of at least 4 members (excludes halogenated alkanes) is 1. The smallest absolute Gasteiger partial charge is 0.404 e. The third kappa shape index (κ3) is 2.60. The molecular weight excluding hydrogens is 185 g/mol. The number of hydrogen-bond acceptors (Lipinski definition) is 1. The predicted molar refractivity (Wildman–Crippen MR) is 41.3 cm³/mol. The molecule has 0 rings (SSSR count). The summed E-state index contributed by atoms with van der Waals surface area (Å²) in [6.07, 6.45) is -4.21. The van der Waals surface area contributed by atoms with Gasteiger partial charge in [0.2, 0.25) is 0 Å². The van der Waals surface area contributed by atoms with E-state index in [9.17, 15) is 18.0 Å². The van der Waals surface area contributed by atoms with Crippen molar-refractivity contribution in [3.63, 3.8) is 0 Å². The fraction of sp³-hybridized carbons (Fsp3) is 0.875. The van der Waals surface area contributed by atoms with Crippen LogP contribution in [0.25, 0.3) is 0 Å². The van der Waals surface area contributed by atoms with Gasteiger partial charge in [-0.1, -0.05) is 19.8 Å². The zero-order valence-corrected chi connectivity index (χ0v) is 7.61. The van der Waals surface area contributed by atoms with Crippen molar-refractivity contribution in [2.45, 2.75) is 39.3 Å². The molecule has 5 heteroatoms. The van der Waals surface area contributed by atoms with Gasteiger partial charge in [-0.3, -0.25) is 4.79 Å². The lowest BCUT2D eigenvalue weighted by Crippen LogP contribution is -2.42. The van der Waals surface area contributed by atoms with E-state index >= 15 is 0 Å². The fourth-order valence-corrected chi connectivity index (χ4v) is 0.900. The molecule has 0 saturated carbocycles. The van der Waals surface area contributed by atoms with Crippen molar-refractivity contribution in [2.75, 3.05) is 0 Å². The third-order valence-electron chi connectivity index (χ3n) is 2.13. The van der Waals surface area contributed by atoms with Crippen LogP contribution in [0.4, 0.5) is 13.2 Å². The zero-order chi connectivity index (χ0) is 10.7. The van der Waals surface area contributed by atoms with Crippen LogP contribution in [0.3, 0.4) is 0 Å². The Hall–Kier alpha value is -0.740. The van der Waals surface area contributed by atoms with Gasteiger partial charge in [0.05, 0.1) is 0 Å². The van der Waals surface area contributed by atoms with Gasteiger partial charge in [0, 0.05) is 0 Å². The minimum Gasteiger partial charge on any atom is -0.481 e. The van der Waals surface area contributed by atoms with Crippen molar-refractivity contribution in [3.05, 3.63) is 0 Å². The quantitative estimate of drug-likeness (QED) is 0.754. The molecule has 0 aliphatic heterocycles. The summed E-state index contributed by atoms with van der Waals surface area (Å²) in [5, 5.41) is 8.47. The Kier molecular flexibility index (Phi) is 3.75. The van der Waals surface area contributed by atoms with Crippen molar-refractivity contribution in [1.29, 1.82) is 0 Å². The molecule has 0 amide bonds. The van der Waals surface area contributed by atoms with Crippen LogP contribution < -0.4 is 0 Å². The molecule has 0 unspecified atom stereocenters. The van der Waals surface area contributed by atoms with E-state index in [0.717, 1.165) is 6.92 Å². The van der Waals surface area contributed by atoms with Crippen LogP contribution in [0, 0.1) is 5.41 Å². The number of hydrogen-bond donors (Lipinski definition) is 1. The van der Waals surface area contributed by atoms with Gasteiger partial charge in [0.1, 0.15) is 0 Å². The van der Waals surface area contributed by atoms with Gasteiger partial charge in [-0.25, -0.2) is 0 Å². The molecule has 0 aromatic rings. The third-order valence-corrected chi connectivity index (χ3v) is 2.13. The fourth-order valence-electron chi connectivity index (χ4n) is 0.900. The van der Waals surface area contributed by atoms with E-state index < -0.39 is 17.6 Å². The average molecular weight is 198 g/mol. The molecule has 0 radical (unpaired) electrons. The molecule has 0 aromatic carbocycles. The molecule has 0 fully saturated rings. The molecule has 1 N–H and O–H groups in total. The van der Waals surface area contributed by atoms with Gasteiger partial charge in [-0.2, -0.15) is 13.2 Å². The van der Waals surface area contributed by atoms with E-state index in [-0.39, 0.29) is 12.8 Å². The SMILES string of the molecule is CCCC[C@](C)(C(=O)O)C(F)(F)F. The Labute approximate surface area is 74.7 Å². The summed E-state index contributed by atoms with van der Waals surface area (Å²) in [4.78, 5) is 10.5. The lowest BCUT2D eigenvalue weighted by atomic mass is 9.84. The first-order chi connectivity index (χ1) is 5.75. The first kappa shape index (κ1) is 12.3. The zero-order valence-electron chi connectivity index (χ0n) is 7.61. The van der Waals surface area contributed by atoms with Crippen LogP contribution in [0.2, 0.25) is 0 Å². The number of carbonyl (C=O) groups is 1. The number of alkyl halides is 3. The highest BCUT2D eigenvalue weighted by molar-refractivity contribution is 5.75. The molecule has 0 aliphatic rings. The lowest BCUT2D eigenvalue weighted by Gasteiger charge is -2.27. The van der Waals surface area contributed by atoms with Crippen molar-refractivity contribution >= 4 is 5.97 Å². The van der Waals surface area contributed by atoms with Gasteiger partial charge >= 0.3 is 12.1 Å². The van der Waals surface area contributed by atoms with E-state index in [1.165, 1.54) is 0 Å². The summed E-state index contributed by atoms with van der Waals surface area (Å²) >= 11 is 0. The van der Waals surface area contributed by atoms with Gasteiger partial charge in [0.15, 0.2) is 5.41 Å². The summed E-state index contributed by atoms with van der Waals surface area (Å²) in [6.45, 7) is 2.45. The maximum absolute atomic E-state index is 12.3. The van der Waals surface area contributed by atoms with Crippen LogP contribution in [0.15, 0.2) is 0 Å². The molecule has 0 aromatic heterocycles. The Morgan fingerprint density at radius 1 is 1.38 bits per heavy atom. The maximum atomic E-state index is 12.3. The number of rotatable bonds is 4. The maximum Gasteiger partial charge on any atom is 0.404 e. The summed E-state index contributed by atoms with van der Waals surface area (Å²) in [5.41, 5.74) is -2.59. The van der Waals surface area contributed by atoms with Crippen molar-refractivity contribution < 1.29 is 23.1 Å². The van der Waals surface area contributed by atoms with Crippen LogP contribution in [-0.4, -0.2) is 17.3 Å². The van der Waals surface area contributed by atoms with Crippen LogP contribution in [-0.2, 0) is 4.79 Å². The summed E-state index contributed by atoms with van der Waals surface area (Å²) in [5.74, 6) is -1.80. The Morgan fingerprint density at radius 3 is 2.08 bits per heavy atom. The summed E-state index contributed by atoms with van der Waals surface area (Å²) in [7, 11) is 0. The molecule has 0 saturated heterocycles. The Morgan fingerprint density at radius 2 is 1.85 bits per heavy atom. The molecule has 0 bridgehead atoms. The molecule has 0 aliphatic carbocycles.